The zero-order valence-electron chi connectivity index (χ0n) is 46.0. The van der Waals surface area contributed by atoms with E-state index < -0.39 is 0 Å². The van der Waals surface area contributed by atoms with Crippen LogP contribution in [-0.4, -0.2) is 0 Å². The Balaban J connectivity index is 0.000000158. The lowest BCUT2D eigenvalue weighted by atomic mass is 9.97. The van der Waals surface area contributed by atoms with Gasteiger partial charge in [-0.2, -0.15) is 0 Å². The molecule has 10 rings (SSSR count). The molecule has 0 saturated heterocycles. The Kier molecular flexibility index (Phi) is 19.1. The van der Waals surface area contributed by atoms with Gasteiger partial charge in [-0.25, -0.2) is 0 Å². The second-order valence-corrected chi connectivity index (χ2v) is 20.0. The summed E-state index contributed by atoms with van der Waals surface area (Å²) >= 11 is 0. The van der Waals surface area contributed by atoms with Crippen LogP contribution >= 0.6 is 0 Å². The highest BCUT2D eigenvalue weighted by Crippen LogP contribution is 2.27. The van der Waals surface area contributed by atoms with E-state index in [1.165, 1.54) is 143 Å². The zero-order chi connectivity index (χ0) is 51.4. The van der Waals surface area contributed by atoms with Crippen LogP contribution in [0.25, 0.3) is 43.1 Å². The molecule has 0 aromatic heterocycles. The first-order valence-corrected chi connectivity index (χ1v) is 25.1. The average molecular weight is 921 g/mol. The monoisotopic (exact) mass is 921 g/mol. The summed E-state index contributed by atoms with van der Waals surface area (Å²) in [5.41, 5.74) is 24.7. The molecule has 0 radical (unpaired) electrons. The Morgan fingerprint density at radius 3 is 0.786 bits per heavy atom. The fourth-order valence-electron chi connectivity index (χ4n) is 8.96. The third-order valence-corrected chi connectivity index (χ3v) is 14.3. The van der Waals surface area contributed by atoms with Gasteiger partial charge in [0, 0.05) is 0 Å². The molecule has 0 N–H and O–H groups in total. The first-order valence-electron chi connectivity index (χ1n) is 25.1. The molecule has 10 aromatic carbocycles. The summed E-state index contributed by atoms with van der Waals surface area (Å²) in [7, 11) is 0. The first kappa shape index (κ1) is 54.2. The summed E-state index contributed by atoms with van der Waals surface area (Å²) in [4.78, 5) is 0. The van der Waals surface area contributed by atoms with Gasteiger partial charge in [-0.1, -0.05) is 180 Å². The lowest BCUT2D eigenvalue weighted by Crippen LogP contribution is -1.86. The van der Waals surface area contributed by atoms with Crippen LogP contribution < -0.4 is 0 Å². The number of hydrogen-bond acceptors (Lipinski definition) is 0. The van der Waals surface area contributed by atoms with Gasteiger partial charge >= 0.3 is 0 Å². The SMILES string of the molecule is Cc1cc(C)c2ccccc2c1C.Cc1cc(C)c2ccccc2c1C.Cc1ccc(C)c(C)c1.Cc1ccc(C)c(C)c1.Cc1ccc2c(C)c(C)ccc2c1.Cc1ccc2c(C)c(C)ccc2c1. The highest BCUT2D eigenvalue weighted by Gasteiger charge is 2.04. The second kappa shape index (κ2) is 24.7. The Bertz CT molecular complexity index is 3160. The molecule has 0 heterocycles. The van der Waals surface area contributed by atoms with Crippen molar-refractivity contribution in [2.24, 2.45) is 0 Å². The topological polar surface area (TPSA) is 0 Å². The summed E-state index contributed by atoms with van der Waals surface area (Å²) in [6, 6.07) is 56.8. The predicted octanol–water partition coefficient (Wildman–Crippen LogP) is 20.3. The van der Waals surface area contributed by atoms with Crippen molar-refractivity contribution in [2.45, 2.75) is 125 Å². The number of hydrogen-bond donors (Lipinski definition) is 0. The molecule has 70 heavy (non-hydrogen) atoms. The molecule has 0 nitrogen and oxygen atoms in total. The van der Waals surface area contributed by atoms with Crippen molar-refractivity contribution in [1.29, 1.82) is 0 Å². The Morgan fingerprint density at radius 1 is 0.171 bits per heavy atom. The summed E-state index contributed by atoms with van der Waals surface area (Å²) < 4.78 is 0. The van der Waals surface area contributed by atoms with Crippen LogP contribution in [0.2, 0.25) is 0 Å². The molecule has 0 fully saturated rings. The van der Waals surface area contributed by atoms with E-state index in [4.69, 9.17) is 0 Å². The van der Waals surface area contributed by atoms with Crippen LogP contribution in [0.1, 0.15) is 100 Å². The van der Waals surface area contributed by atoms with Crippen LogP contribution in [0.5, 0.6) is 0 Å². The highest BCUT2D eigenvalue weighted by atomic mass is 14.1. The highest BCUT2D eigenvalue weighted by molar-refractivity contribution is 5.91. The van der Waals surface area contributed by atoms with Crippen LogP contribution in [0.3, 0.4) is 0 Å². The van der Waals surface area contributed by atoms with Crippen molar-refractivity contribution >= 4 is 43.1 Å². The molecule has 0 aliphatic heterocycles. The molecule has 360 valence electrons. The van der Waals surface area contributed by atoms with Gasteiger partial charge in [0.15, 0.2) is 0 Å². The molecule has 0 heteroatoms. The molecular weight excluding hydrogens is 841 g/mol. The summed E-state index contributed by atoms with van der Waals surface area (Å²) in [5, 5.41) is 11.0. The van der Waals surface area contributed by atoms with Gasteiger partial charge < -0.3 is 0 Å². The predicted molar refractivity (Wildman–Crippen MR) is 314 cm³/mol. The van der Waals surface area contributed by atoms with E-state index in [2.05, 4.69) is 282 Å². The minimum Gasteiger partial charge on any atom is -0.0616 e. The number of fused-ring (bicyclic) bond motifs is 4. The molecule has 0 amide bonds. The van der Waals surface area contributed by atoms with Gasteiger partial charge in [0.1, 0.15) is 0 Å². The van der Waals surface area contributed by atoms with Crippen LogP contribution in [0.4, 0.5) is 0 Å². The van der Waals surface area contributed by atoms with Gasteiger partial charge in [-0.3, -0.25) is 0 Å². The Labute approximate surface area is 423 Å². The van der Waals surface area contributed by atoms with Crippen molar-refractivity contribution in [2.75, 3.05) is 0 Å². The quantitative estimate of drug-likeness (QED) is 0.142. The largest absolute Gasteiger partial charge is 0.0616 e. The zero-order valence-corrected chi connectivity index (χ0v) is 46.0. The van der Waals surface area contributed by atoms with Crippen LogP contribution in [0, 0.1) is 125 Å². The molecule has 0 aliphatic rings. The normalized spacial score (nSPS) is 10.4. The molecule has 0 saturated carbocycles. The van der Waals surface area contributed by atoms with Crippen molar-refractivity contribution in [1.82, 2.24) is 0 Å². The van der Waals surface area contributed by atoms with Crippen molar-refractivity contribution in [3.8, 4) is 0 Å². The summed E-state index contributed by atoms with van der Waals surface area (Å²) in [6.07, 6.45) is 0. The number of benzene rings is 10. The van der Waals surface area contributed by atoms with Gasteiger partial charge in [0.05, 0.1) is 0 Å². The Hall–Kier alpha value is -6.76. The molecule has 0 aliphatic carbocycles. The first-order chi connectivity index (χ1) is 33.2. The maximum Gasteiger partial charge on any atom is -0.0149 e. The van der Waals surface area contributed by atoms with E-state index in [-0.39, 0.29) is 0 Å². The van der Waals surface area contributed by atoms with Gasteiger partial charge in [-0.05, 0) is 246 Å². The molecule has 0 spiro atoms. The van der Waals surface area contributed by atoms with Gasteiger partial charge in [-0.15, -0.1) is 0 Å². The molecule has 10 aromatic rings. The van der Waals surface area contributed by atoms with E-state index >= 15 is 0 Å². The summed E-state index contributed by atoms with van der Waals surface area (Å²) in [5.74, 6) is 0. The lowest BCUT2D eigenvalue weighted by Gasteiger charge is -2.08. The van der Waals surface area contributed by atoms with E-state index in [0.717, 1.165) is 0 Å². The second-order valence-electron chi connectivity index (χ2n) is 20.0. The number of aryl methyl sites for hydroxylation is 18. The standard InChI is InChI=1S/4C13H14.2C9H12/c2*1-9-4-7-13-11(3)10(2)5-6-12(13)8-9;2*1-9-8-10(2)12-6-4-5-7-13(12)11(9)3;2*1-7-4-5-8(2)9(3)6-7/h4*4-8H,1-3H3;2*4-6H,1-3H3. The third-order valence-electron chi connectivity index (χ3n) is 14.3. The summed E-state index contributed by atoms with van der Waals surface area (Å²) in [6.45, 7) is 38.8. The van der Waals surface area contributed by atoms with E-state index in [1.54, 1.807) is 0 Å². The van der Waals surface area contributed by atoms with E-state index in [9.17, 15) is 0 Å². The average Bonchev–Trinajstić information content (AvgIpc) is 3.33. The minimum atomic E-state index is 1.33. The molecule has 0 bridgehead atoms. The number of rotatable bonds is 0. The fourth-order valence-corrected chi connectivity index (χ4v) is 8.96. The Morgan fingerprint density at radius 2 is 0.457 bits per heavy atom. The van der Waals surface area contributed by atoms with Crippen molar-refractivity contribution in [3.05, 3.63) is 258 Å². The lowest BCUT2D eigenvalue weighted by molar-refractivity contribution is 1.30. The minimum absolute atomic E-state index is 1.33. The fraction of sp³-hybridized carbons (Fsp3) is 0.257. The van der Waals surface area contributed by atoms with Gasteiger partial charge in [0.25, 0.3) is 0 Å². The van der Waals surface area contributed by atoms with Crippen molar-refractivity contribution in [3.63, 3.8) is 0 Å². The van der Waals surface area contributed by atoms with E-state index in [0.29, 0.717) is 0 Å². The van der Waals surface area contributed by atoms with Crippen molar-refractivity contribution < 1.29 is 0 Å². The maximum absolute atomic E-state index is 2.26. The van der Waals surface area contributed by atoms with Gasteiger partial charge in [0.2, 0.25) is 0 Å². The van der Waals surface area contributed by atoms with Crippen LogP contribution in [0.15, 0.2) is 158 Å². The smallest absolute Gasteiger partial charge is 0.0149 e. The van der Waals surface area contributed by atoms with Crippen LogP contribution in [-0.2, 0) is 0 Å². The third kappa shape index (κ3) is 14.2. The molecule has 0 unspecified atom stereocenters. The van der Waals surface area contributed by atoms with E-state index in [1.807, 2.05) is 0 Å². The maximum atomic E-state index is 2.26. The molecule has 0 atom stereocenters. The molecular formula is C70H80.